The van der Waals surface area contributed by atoms with Gasteiger partial charge in [-0.3, -0.25) is 4.79 Å². The van der Waals surface area contributed by atoms with E-state index in [1.54, 1.807) is 19.2 Å². The van der Waals surface area contributed by atoms with Crippen molar-refractivity contribution in [3.05, 3.63) is 38.2 Å². The van der Waals surface area contributed by atoms with Crippen LogP contribution in [0.3, 0.4) is 0 Å². The van der Waals surface area contributed by atoms with Gasteiger partial charge in [0.2, 0.25) is 0 Å². The second kappa shape index (κ2) is 4.05. The van der Waals surface area contributed by atoms with Crippen LogP contribution in [0.25, 0.3) is 11.5 Å². The molecular weight excluding hydrogens is 307 g/mol. The quantitative estimate of drug-likeness (QED) is 0.801. The van der Waals surface area contributed by atoms with Crippen LogP contribution in [0, 0.1) is 10.5 Å². The molecular formula is C9H7IN4O. The lowest BCUT2D eigenvalue weighted by Crippen LogP contribution is -2.12. The first-order valence-corrected chi connectivity index (χ1v) is 5.29. The summed E-state index contributed by atoms with van der Waals surface area (Å²) in [6.45, 7) is 1.79. The molecule has 0 saturated carbocycles. The van der Waals surface area contributed by atoms with Crippen LogP contribution in [-0.4, -0.2) is 19.9 Å². The van der Waals surface area contributed by atoms with E-state index in [0.29, 0.717) is 20.9 Å². The van der Waals surface area contributed by atoms with E-state index in [2.05, 4.69) is 19.9 Å². The molecule has 2 aromatic rings. The van der Waals surface area contributed by atoms with Gasteiger partial charge in [-0.05, 0) is 35.6 Å². The van der Waals surface area contributed by atoms with Gasteiger partial charge >= 0.3 is 0 Å². The molecule has 2 heterocycles. The highest BCUT2D eigenvalue weighted by Gasteiger charge is 2.04. The zero-order valence-electron chi connectivity index (χ0n) is 7.86. The minimum absolute atomic E-state index is 0.156. The summed E-state index contributed by atoms with van der Waals surface area (Å²) in [5.74, 6) is 1.11. The Morgan fingerprint density at radius 2 is 2.20 bits per heavy atom. The molecule has 1 N–H and O–H groups in total. The van der Waals surface area contributed by atoms with Crippen LogP contribution in [-0.2, 0) is 0 Å². The van der Waals surface area contributed by atoms with E-state index in [1.807, 2.05) is 22.6 Å². The van der Waals surface area contributed by atoms with E-state index in [4.69, 9.17) is 0 Å². The number of hydrogen-bond acceptors (Lipinski definition) is 4. The van der Waals surface area contributed by atoms with E-state index in [9.17, 15) is 4.79 Å². The molecule has 0 bridgehead atoms. The fourth-order valence-electron chi connectivity index (χ4n) is 1.10. The number of rotatable bonds is 1. The van der Waals surface area contributed by atoms with Gasteiger partial charge in [0.05, 0.1) is 3.57 Å². The number of hydrogen-bond donors (Lipinski definition) is 1. The van der Waals surface area contributed by atoms with Crippen LogP contribution in [0.2, 0.25) is 0 Å². The number of nitrogens with zero attached hydrogens (tertiary/aromatic N) is 3. The number of nitrogens with one attached hydrogen (secondary N) is 1. The van der Waals surface area contributed by atoms with Crippen LogP contribution in [0.5, 0.6) is 0 Å². The first-order chi connectivity index (χ1) is 7.16. The van der Waals surface area contributed by atoms with E-state index < -0.39 is 0 Å². The lowest BCUT2D eigenvalue weighted by molar-refractivity contribution is 1.02. The fourth-order valence-corrected chi connectivity index (χ4v) is 1.37. The number of aromatic amines is 1. The zero-order chi connectivity index (χ0) is 10.8. The molecule has 0 radical (unpaired) electrons. The molecule has 15 heavy (non-hydrogen) atoms. The maximum absolute atomic E-state index is 11.4. The first-order valence-electron chi connectivity index (χ1n) is 4.21. The molecule has 76 valence electrons. The second-order valence-corrected chi connectivity index (χ2v) is 4.06. The third kappa shape index (κ3) is 2.20. The number of halogens is 1. The highest BCUT2D eigenvalue weighted by atomic mass is 127. The Bertz CT molecular complexity index is 552. The molecule has 0 aliphatic rings. The summed E-state index contributed by atoms with van der Waals surface area (Å²) < 4.78 is 0.558. The molecule has 0 fully saturated rings. The molecule has 0 aliphatic carbocycles. The lowest BCUT2D eigenvalue weighted by atomic mass is 10.3. The maximum Gasteiger partial charge on any atom is 0.264 e. The van der Waals surface area contributed by atoms with E-state index in [0.717, 1.165) is 0 Å². The van der Waals surface area contributed by atoms with Crippen molar-refractivity contribution < 1.29 is 0 Å². The average molecular weight is 314 g/mol. The third-order valence-electron chi connectivity index (χ3n) is 1.77. The normalized spacial score (nSPS) is 10.3. The summed E-state index contributed by atoms with van der Waals surface area (Å²) in [6, 6.07) is 1.71. The molecule has 0 saturated heterocycles. The Hall–Kier alpha value is -1.31. The van der Waals surface area contributed by atoms with Gasteiger partial charge in [-0.1, -0.05) is 0 Å². The van der Waals surface area contributed by atoms with Gasteiger partial charge in [0.15, 0.2) is 5.82 Å². The summed E-state index contributed by atoms with van der Waals surface area (Å²) in [6.07, 6.45) is 3.15. The topological polar surface area (TPSA) is 71.5 Å². The van der Waals surface area contributed by atoms with Gasteiger partial charge < -0.3 is 4.98 Å². The molecule has 0 amide bonds. The smallest absolute Gasteiger partial charge is 0.264 e. The molecule has 6 heteroatoms. The maximum atomic E-state index is 11.4. The average Bonchev–Trinajstić information content (AvgIpc) is 2.22. The van der Waals surface area contributed by atoms with Gasteiger partial charge in [-0.2, -0.15) is 0 Å². The molecule has 0 unspecified atom stereocenters. The van der Waals surface area contributed by atoms with Crippen molar-refractivity contribution in [3.8, 4) is 11.5 Å². The molecule has 0 spiro atoms. The Balaban J connectivity index is 2.55. The van der Waals surface area contributed by atoms with Crippen molar-refractivity contribution in [1.29, 1.82) is 0 Å². The SMILES string of the molecule is Cc1nccc(-c2ncc(I)c(=O)[nH]2)n1. The molecule has 0 aliphatic heterocycles. The van der Waals surface area contributed by atoms with Crippen molar-refractivity contribution in [2.24, 2.45) is 0 Å². The van der Waals surface area contributed by atoms with E-state index >= 15 is 0 Å². The number of aryl methyl sites for hydroxylation is 1. The Kier molecular flexibility index (Phi) is 2.76. The third-order valence-corrected chi connectivity index (χ3v) is 2.54. The monoisotopic (exact) mass is 314 g/mol. The van der Waals surface area contributed by atoms with E-state index in [-0.39, 0.29) is 5.56 Å². The number of H-pyrrole nitrogens is 1. The number of aromatic nitrogens is 4. The molecule has 0 atom stereocenters. The predicted octanol–water partition coefficient (Wildman–Crippen LogP) is 1.14. The second-order valence-electron chi connectivity index (χ2n) is 2.90. The van der Waals surface area contributed by atoms with Crippen molar-refractivity contribution in [2.75, 3.05) is 0 Å². The van der Waals surface area contributed by atoms with Crippen LogP contribution in [0.15, 0.2) is 23.3 Å². The molecule has 0 aromatic carbocycles. The summed E-state index contributed by atoms with van der Waals surface area (Å²) in [5.41, 5.74) is 0.466. The van der Waals surface area contributed by atoms with Gasteiger partial charge in [0.25, 0.3) is 5.56 Å². The summed E-state index contributed by atoms with van der Waals surface area (Å²) in [5, 5.41) is 0. The predicted molar refractivity (Wildman–Crippen MR) is 63.3 cm³/mol. The summed E-state index contributed by atoms with van der Waals surface area (Å²) >= 11 is 1.93. The first kappa shape index (κ1) is 10.2. The van der Waals surface area contributed by atoms with Gasteiger partial charge in [-0.25, -0.2) is 15.0 Å². The van der Waals surface area contributed by atoms with Crippen molar-refractivity contribution in [1.82, 2.24) is 19.9 Å². The van der Waals surface area contributed by atoms with Crippen molar-refractivity contribution >= 4 is 22.6 Å². The van der Waals surface area contributed by atoms with Crippen LogP contribution in [0.1, 0.15) is 5.82 Å². The van der Waals surface area contributed by atoms with Crippen LogP contribution >= 0.6 is 22.6 Å². The standard InChI is InChI=1S/C9H7IN4O/c1-5-11-3-2-7(13-5)8-12-4-6(10)9(15)14-8/h2-4H,1H3,(H,12,14,15). The molecule has 2 rings (SSSR count). The highest BCUT2D eigenvalue weighted by Crippen LogP contribution is 2.08. The van der Waals surface area contributed by atoms with E-state index in [1.165, 1.54) is 6.20 Å². The lowest BCUT2D eigenvalue weighted by Gasteiger charge is -1.99. The Morgan fingerprint density at radius 3 is 2.87 bits per heavy atom. The fraction of sp³-hybridized carbons (Fsp3) is 0.111. The van der Waals surface area contributed by atoms with Crippen molar-refractivity contribution in [2.45, 2.75) is 6.92 Å². The summed E-state index contributed by atoms with van der Waals surface area (Å²) in [7, 11) is 0. The largest absolute Gasteiger partial charge is 0.304 e. The Labute approximate surface area is 99.2 Å². The van der Waals surface area contributed by atoms with Gasteiger partial charge in [0.1, 0.15) is 11.5 Å². The zero-order valence-corrected chi connectivity index (χ0v) is 10.0. The van der Waals surface area contributed by atoms with Crippen LogP contribution < -0.4 is 5.56 Å². The highest BCUT2D eigenvalue weighted by molar-refractivity contribution is 14.1. The minimum atomic E-state index is -0.156. The molecule has 5 nitrogen and oxygen atoms in total. The van der Waals surface area contributed by atoms with Gasteiger partial charge in [0, 0.05) is 12.4 Å². The summed E-state index contributed by atoms with van der Waals surface area (Å²) in [4.78, 5) is 26.2. The van der Waals surface area contributed by atoms with Crippen molar-refractivity contribution in [3.63, 3.8) is 0 Å². The van der Waals surface area contributed by atoms with Gasteiger partial charge in [-0.15, -0.1) is 0 Å². The van der Waals surface area contributed by atoms with Crippen LogP contribution in [0.4, 0.5) is 0 Å². The Morgan fingerprint density at radius 1 is 1.40 bits per heavy atom. The molecule has 2 aromatic heterocycles. The minimum Gasteiger partial charge on any atom is -0.304 e.